The summed E-state index contributed by atoms with van der Waals surface area (Å²) in [5.74, 6) is -2.55. The monoisotopic (exact) mass is 417 g/mol. The Morgan fingerprint density at radius 3 is 2.45 bits per heavy atom. The number of nitrogens with one attached hydrogen (secondary N) is 2. The number of carbonyl (C=O) groups excluding carboxylic acids is 2. The molecule has 1 aliphatic heterocycles. The Labute approximate surface area is 171 Å². The zero-order valence-electron chi connectivity index (χ0n) is 15.5. The highest BCUT2D eigenvalue weighted by molar-refractivity contribution is 6.30. The molecule has 0 saturated heterocycles. The van der Waals surface area contributed by atoms with E-state index in [9.17, 15) is 18.4 Å². The molecule has 0 bridgehead atoms. The van der Waals surface area contributed by atoms with Crippen molar-refractivity contribution in [1.29, 1.82) is 0 Å². The van der Waals surface area contributed by atoms with E-state index >= 15 is 0 Å². The first kappa shape index (κ1) is 19.4. The maximum absolute atomic E-state index is 13.5. The molecule has 3 amide bonds. The van der Waals surface area contributed by atoms with E-state index in [0.29, 0.717) is 21.9 Å². The molecular formula is C21H18ClF2N3O2. The minimum Gasteiger partial charge on any atom is -0.326 e. The molecule has 5 nitrogen and oxygen atoms in total. The fraction of sp³-hybridized carbons (Fsp3) is 0.238. The number of hydrogen-bond acceptors (Lipinski definition) is 2. The molecule has 1 fully saturated rings. The molecule has 1 aliphatic carbocycles. The number of rotatable bonds is 4. The summed E-state index contributed by atoms with van der Waals surface area (Å²) in [5, 5.41) is 6.02. The van der Waals surface area contributed by atoms with Crippen LogP contribution < -0.4 is 10.6 Å². The van der Waals surface area contributed by atoms with Crippen molar-refractivity contribution < 1.29 is 18.4 Å². The van der Waals surface area contributed by atoms with Gasteiger partial charge in [-0.3, -0.25) is 9.69 Å². The average Bonchev–Trinajstić information content (AvgIpc) is 3.50. The van der Waals surface area contributed by atoms with Crippen LogP contribution >= 0.6 is 11.6 Å². The summed E-state index contributed by atoms with van der Waals surface area (Å²) in [6.45, 7) is 1.72. The molecule has 29 heavy (non-hydrogen) atoms. The molecule has 2 N–H and O–H groups in total. The lowest BCUT2D eigenvalue weighted by Crippen LogP contribution is -2.49. The lowest BCUT2D eigenvalue weighted by molar-refractivity contribution is -0.113. The van der Waals surface area contributed by atoms with E-state index < -0.39 is 23.6 Å². The first-order chi connectivity index (χ1) is 13.8. The zero-order valence-corrected chi connectivity index (χ0v) is 16.3. The van der Waals surface area contributed by atoms with Crippen molar-refractivity contribution in [3.05, 3.63) is 76.0 Å². The van der Waals surface area contributed by atoms with Gasteiger partial charge in [0, 0.05) is 28.5 Å². The van der Waals surface area contributed by atoms with E-state index in [1.807, 2.05) is 0 Å². The molecule has 150 valence electrons. The Balaban J connectivity index is 1.72. The number of amides is 3. The number of allylic oxidation sites excluding steroid dienone is 1. The van der Waals surface area contributed by atoms with Crippen molar-refractivity contribution >= 4 is 29.2 Å². The predicted octanol–water partition coefficient (Wildman–Crippen LogP) is 4.76. The largest absolute Gasteiger partial charge is 0.326 e. The van der Waals surface area contributed by atoms with Gasteiger partial charge >= 0.3 is 6.03 Å². The molecule has 0 unspecified atom stereocenters. The fourth-order valence-corrected chi connectivity index (χ4v) is 3.63. The van der Waals surface area contributed by atoms with Crippen molar-refractivity contribution in [3.63, 3.8) is 0 Å². The molecule has 8 heteroatoms. The van der Waals surface area contributed by atoms with E-state index in [0.717, 1.165) is 25.0 Å². The van der Waals surface area contributed by atoms with Crippen LogP contribution in [0.4, 0.5) is 19.3 Å². The van der Waals surface area contributed by atoms with Crippen molar-refractivity contribution in [2.75, 3.05) is 5.32 Å². The van der Waals surface area contributed by atoms with Crippen molar-refractivity contribution in [2.24, 2.45) is 0 Å². The highest BCUT2D eigenvalue weighted by atomic mass is 35.5. The first-order valence-corrected chi connectivity index (χ1v) is 9.55. The van der Waals surface area contributed by atoms with E-state index in [4.69, 9.17) is 11.6 Å². The van der Waals surface area contributed by atoms with Gasteiger partial charge < -0.3 is 10.6 Å². The summed E-state index contributed by atoms with van der Waals surface area (Å²) in [7, 11) is 0. The number of benzene rings is 2. The van der Waals surface area contributed by atoms with Gasteiger partial charge in [0.05, 0.1) is 11.6 Å². The number of nitrogens with zero attached hydrogens (tertiary/aromatic N) is 1. The summed E-state index contributed by atoms with van der Waals surface area (Å²) in [5.41, 5.74) is 1.69. The molecule has 2 aromatic rings. The first-order valence-electron chi connectivity index (χ1n) is 9.17. The van der Waals surface area contributed by atoms with Crippen LogP contribution in [0.25, 0.3) is 0 Å². The zero-order chi connectivity index (χ0) is 20.7. The smallest absolute Gasteiger partial charge is 0.322 e. The van der Waals surface area contributed by atoms with Gasteiger partial charge in [-0.1, -0.05) is 23.7 Å². The minimum absolute atomic E-state index is 0.0623. The second kappa shape index (κ2) is 7.48. The second-order valence-electron chi connectivity index (χ2n) is 7.12. The average molecular weight is 418 g/mol. The topological polar surface area (TPSA) is 61.4 Å². The summed E-state index contributed by atoms with van der Waals surface area (Å²) >= 11 is 5.96. The number of hydrogen-bond donors (Lipinski definition) is 2. The molecule has 2 aliphatic rings. The standard InChI is InChI=1S/C21H18ClF2N3O2/c1-11-18(20(28)25-14-6-9-16(23)17(24)10-14)19(12-2-4-13(22)5-3-12)26-21(29)27(11)15-7-8-15/h2-6,9-10,15,19H,7-8H2,1H3,(H,25,28)(H,26,29)/t19-/m0/s1. The van der Waals surface area contributed by atoms with Crippen LogP contribution in [0.2, 0.25) is 5.02 Å². The third-order valence-electron chi connectivity index (χ3n) is 5.06. The van der Waals surface area contributed by atoms with Gasteiger partial charge in [-0.05, 0) is 49.6 Å². The molecule has 0 radical (unpaired) electrons. The van der Waals surface area contributed by atoms with E-state index in [1.165, 1.54) is 6.07 Å². The summed E-state index contributed by atoms with van der Waals surface area (Å²) in [6, 6.07) is 9.07. The van der Waals surface area contributed by atoms with Crippen LogP contribution in [-0.2, 0) is 4.79 Å². The van der Waals surface area contributed by atoms with Crippen LogP contribution in [0, 0.1) is 11.6 Å². The number of carbonyl (C=O) groups is 2. The van der Waals surface area contributed by atoms with E-state index in [2.05, 4.69) is 10.6 Å². The highest BCUT2D eigenvalue weighted by Crippen LogP contribution is 2.38. The van der Waals surface area contributed by atoms with Gasteiger partial charge in [0.1, 0.15) is 0 Å². The third-order valence-corrected chi connectivity index (χ3v) is 5.32. The second-order valence-corrected chi connectivity index (χ2v) is 7.55. The van der Waals surface area contributed by atoms with Crippen molar-refractivity contribution in [2.45, 2.75) is 31.8 Å². The lowest BCUT2D eigenvalue weighted by Gasteiger charge is -2.36. The summed E-state index contributed by atoms with van der Waals surface area (Å²) in [6.07, 6.45) is 1.74. The minimum atomic E-state index is -1.06. The maximum atomic E-state index is 13.5. The number of halogens is 3. The van der Waals surface area contributed by atoms with Gasteiger partial charge in [0.2, 0.25) is 0 Å². The number of anilines is 1. The predicted molar refractivity (Wildman–Crippen MR) is 105 cm³/mol. The number of urea groups is 1. The van der Waals surface area contributed by atoms with Gasteiger partial charge in [-0.25, -0.2) is 13.6 Å². The molecule has 2 aromatic carbocycles. The molecule has 1 saturated carbocycles. The van der Waals surface area contributed by atoms with Crippen LogP contribution in [0.5, 0.6) is 0 Å². The Bertz CT molecular complexity index is 1020. The Hall–Kier alpha value is -2.93. The van der Waals surface area contributed by atoms with Gasteiger partial charge in [-0.2, -0.15) is 0 Å². The Morgan fingerprint density at radius 1 is 1.14 bits per heavy atom. The molecule has 4 rings (SSSR count). The van der Waals surface area contributed by atoms with Crippen molar-refractivity contribution in [3.8, 4) is 0 Å². The van der Waals surface area contributed by atoms with E-state index in [1.54, 1.807) is 36.1 Å². The molecule has 1 atom stereocenters. The fourth-order valence-electron chi connectivity index (χ4n) is 3.50. The van der Waals surface area contributed by atoms with Crippen molar-refractivity contribution in [1.82, 2.24) is 10.2 Å². The quantitative estimate of drug-likeness (QED) is 0.753. The van der Waals surface area contributed by atoms with Gasteiger partial charge in [0.15, 0.2) is 11.6 Å². The highest BCUT2D eigenvalue weighted by Gasteiger charge is 2.42. The summed E-state index contributed by atoms with van der Waals surface area (Å²) in [4.78, 5) is 27.4. The van der Waals surface area contributed by atoms with Crippen LogP contribution in [0.15, 0.2) is 53.7 Å². The Morgan fingerprint density at radius 2 is 1.83 bits per heavy atom. The Kier molecular flexibility index (Phi) is 5.00. The molecule has 0 aromatic heterocycles. The van der Waals surface area contributed by atoms with E-state index in [-0.39, 0.29) is 17.8 Å². The molecular weight excluding hydrogens is 400 g/mol. The lowest BCUT2D eigenvalue weighted by atomic mass is 9.94. The third kappa shape index (κ3) is 3.82. The van der Waals surface area contributed by atoms with Crippen LogP contribution in [0.3, 0.4) is 0 Å². The van der Waals surface area contributed by atoms with Crippen LogP contribution in [-0.4, -0.2) is 22.9 Å². The molecule has 0 spiro atoms. The SMILES string of the molecule is CC1=C(C(=O)Nc2ccc(F)c(F)c2)[C@H](c2ccc(Cl)cc2)NC(=O)N1C1CC1. The summed E-state index contributed by atoms with van der Waals surface area (Å²) < 4.78 is 26.7. The molecule has 1 heterocycles. The normalized spacial score (nSPS) is 19.2. The van der Waals surface area contributed by atoms with Gasteiger partial charge in [0.25, 0.3) is 5.91 Å². The van der Waals surface area contributed by atoms with Crippen LogP contribution in [0.1, 0.15) is 31.4 Å². The van der Waals surface area contributed by atoms with Gasteiger partial charge in [-0.15, -0.1) is 0 Å². The maximum Gasteiger partial charge on any atom is 0.322 e.